The second-order valence-electron chi connectivity index (χ2n) is 7.25. The number of nitrogens with zero attached hydrogens (tertiary/aromatic N) is 4. The first-order chi connectivity index (χ1) is 13.2. The Balaban J connectivity index is 1.16. The van der Waals surface area contributed by atoms with Gasteiger partial charge in [0.15, 0.2) is 5.16 Å². The molecule has 0 spiro atoms. The smallest absolute Gasteiger partial charge is 0.221 e. The van der Waals surface area contributed by atoms with E-state index in [-0.39, 0.29) is 5.91 Å². The molecule has 1 N–H and O–H groups in total. The van der Waals surface area contributed by atoms with Crippen LogP contribution in [0.25, 0.3) is 0 Å². The van der Waals surface area contributed by atoms with Crippen LogP contribution in [-0.4, -0.2) is 58.8 Å². The molecule has 2 aliphatic rings. The zero-order valence-corrected chi connectivity index (χ0v) is 16.7. The van der Waals surface area contributed by atoms with Gasteiger partial charge in [-0.25, -0.2) is 4.98 Å². The lowest BCUT2D eigenvalue weighted by Crippen LogP contribution is -2.47. The summed E-state index contributed by atoms with van der Waals surface area (Å²) in [6, 6.07) is 8.68. The SMILES string of the molecule is Cc1cccc(N2CCN(CCC(=O)NCc3cn4c(n3)SCC4)CC2)c1. The van der Waals surface area contributed by atoms with Gasteiger partial charge in [-0.1, -0.05) is 23.9 Å². The first-order valence-corrected chi connectivity index (χ1v) is 10.7. The lowest BCUT2D eigenvalue weighted by Gasteiger charge is -2.36. The van der Waals surface area contributed by atoms with Gasteiger partial charge < -0.3 is 14.8 Å². The summed E-state index contributed by atoms with van der Waals surface area (Å²) in [6.07, 6.45) is 2.60. The van der Waals surface area contributed by atoms with Crippen LogP contribution in [0.15, 0.2) is 35.6 Å². The molecule has 0 bridgehead atoms. The highest BCUT2D eigenvalue weighted by atomic mass is 32.2. The number of carbonyl (C=O) groups is 1. The molecule has 1 aromatic carbocycles. The van der Waals surface area contributed by atoms with Gasteiger partial charge in [0.2, 0.25) is 5.91 Å². The molecule has 1 aromatic heterocycles. The third-order valence-electron chi connectivity index (χ3n) is 5.21. The average Bonchev–Trinajstić information content (AvgIpc) is 3.27. The van der Waals surface area contributed by atoms with E-state index in [1.165, 1.54) is 11.3 Å². The lowest BCUT2D eigenvalue weighted by molar-refractivity contribution is -0.121. The molecule has 2 aromatic rings. The number of aromatic nitrogens is 2. The third kappa shape index (κ3) is 4.65. The summed E-state index contributed by atoms with van der Waals surface area (Å²) in [5.41, 5.74) is 3.56. The van der Waals surface area contributed by atoms with Gasteiger partial charge in [-0.3, -0.25) is 9.69 Å². The Morgan fingerprint density at radius 2 is 2.07 bits per heavy atom. The van der Waals surface area contributed by atoms with Crippen molar-refractivity contribution in [1.29, 1.82) is 0 Å². The standard InChI is InChI=1S/C20H27N5OS/c1-16-3-2-4-18(13-16)24-9-7-23(8-10-24)6-5-19(26)21-14-17-15-25-11-12-27-20(25)22-17/h2-4,13,15H,5-12,14H2,1H3,(H,21,26). The maximum absolute atomic E-state index is 12.2. The molecular formula is C20H27N5OS. The molecule has 27 heavy (non-hydrogen) atoms. The van der Waals surface area contributed by atoms with Crippen molar-refractivity contribution in [1.82, 2.24) is 19.8 Å². The maximum atomic E-state index is 12.2. The second kappa shape index (κ2) is 8.35. The number of thioether (sulfide) groups is 1. The van der Waals surface area contributed by atoms with Crippen molar-refractivity contribution >= 4 is 23.4 Å². The Labute approximate surface area is 164 Å². The minimum atomic E-state index is 0.108. The summed E-state index contributed by atoms with van der Waals surface area (Å²) in [5.74, 6) is 1.21. The normalized spacial score (nSPS) is 17.1. The molecule has 3 heterocycles. The second-order valence-corrected chi connectivity index (χ2v) is 8.31. The molecule has 1 fully saturated rings. The number of anilines is 1. The van der Waals surface area contributed by atoms with Crippen molar-refractivity contribution in [2.45, 2.75) is 31.6 Å². The Morgan fingerprint density at radius 3 is 2.85 bits per heavy atom. The van der Waals surface area contributed by atoms with Crippen molar-refractivity contribution in [2.24, 2.45) is 0 Å². The molecule has 6 nitrogen and oxygen atoms in total. The van der Waals surface area contributed by atoms with Gasteiger partial charge in [0.05, 0.1) is 12.2 Å². The van der Waals surface area contributed by atoms with Crippen LogP contribution in [0.3, 0.4) is 0 Å². The molecule has 1 amide bonds. The van der Waals surface area contributed by atoms with Crippen LogP contribution in [0.5, 0.6) is 0 Å². The predicted octanol–water partition coefficient (Wildman–Crippen LogP) is 2.13. The summed E-state index contributed by atoms with van der Waals surface area (Å²) >= 11 is 1.78. The van der Waals surface area contributed by atoms with E-state index in [0.29, 0.717) is 13.0 Å². The van der Waals surface area contributed by atoms with Crippen molar-refractivity contribution in [2.75, 3.05) is 43.4 Å². The number of rotatable bonds is 6. The number of aryl methyl sites for hydroxylation is 2. The van der Waals surface area contributed by atoms with E-state index < -0.39 is 0 Å². The monoisotopic (exact) mass is 385 g/mol. The van der Waals surface area contributed by atoms with Crippen LogP contribution >= 0.6 is 11.8 Å². The van der Waals surface area contributed by atoms with Crippen molar-refractivity contribution < 1.29 is 4.79 Å². The Bertz CT molecular complexity index is 776. The van der Waals surface area contributed by atoms with Gasteiger partial charge in [-0.2, -0.15) is 0 Å². The zero-order valence-electron chi connectivity index (χ0n) is 15.9. The largest absolute Gasteiger partial charge is 0.369 e. The molecule has 0 unspecified atom stereocenters. The van der Waals surface area contributed by atoms with E-state index in [0.717, 1.165) is 55.9 Å². The van der Waals surface area contributed by atoms with Gasteiger partial charge in [-0.05, 0) is 24.6 Å². The number of fused-ring (bicyclic) bond motifs is 1. The van der Waals surface area contributed by atoms with Gasteiger partial charge in [0.25, 0.3) is 0 Å². The summed E-state index contributed by atoms with van der Waals surface area (Å²) in [4.78, 5) is 21.5. The topological polar surface area (TPSA) is 53.4 Å². The van der Waals surface area contributed by atoms with Gasteiger partial charge in [-0.15, -0.1) is 0 Å². The van der Waals surface area contributed by atoms with E-state index >= 15 is 0 Å². The minimum Gasteiger partial charge on any atom is -0.369 e. The highest BCUT2D eigenvalue weighted by molar-refractivity contribution is 7.99. The molecule has 7 heteroatoms. The van der Waals surface area contributed by atoms with E-state index in [9.17, 15) is 4.79 Å². The number of benzene rings is 1. The highest BCUT2D eigenvalue weighted by Gasteiger charge is 2.18. The van der Waals surface area contributed by atoms with E-state index in [2.05, 4.69) is 62.1 Å². The molecule has 0 radical (unpaired) electrons. The van der Waals surface area contributed by atoms with Crippen LogP contribution in [0.2, 0.25) is 0 Å². The minimum absolute atomic E-state index is 0.108. The van der Waals surface area contributed by atoms with E-state index in [4.69, 9.17) is 0 Å². The van der Waals surface area contributed by atoms with Crippen molar-refractivity contribution in [3.63, 3.8) is 0 Å². The van der Waals surface area contributed by atoms with Crippen LogP contribution in [-0.2, 0) is 17.9 Å². The van der Waals surface area contributed by atoms with Gasteiger partial charge in [0, 0.05) is 63.3 Å². The zero-order chi connectivity index (χ0) is 18.6. The molecular weight excluding hydrogens is 358 g/mol. The number of hydrogen-bond acceptors (Lipinski definition) is 5. The van der Waals surface area contributed by atoms with Crippen molar-refractivity contribution in [3.05, 3.63) is 41.7 Å². The molecule has 0 saturated carbocycles. The van der Waals surface area contributed by atoms with E-state index in [1.807, 2.05) is 0 Å². The Morgan fingerprint density at radius 1 is 1.22 bits per heavy atom. The quantitative estimate of drug-likeness (QED) is 0.826. The summed E-state index contributed by atoms with van der Waals surface area (Å²) in [6.45, 7) is 8.55. The fourth-order valence-electron chi connectivity index (χ4n) is 3.64. The van der Waals surface area contributed by atoms with Crippen LogP contribution < -0.4 is 10.2 Å². The summed E-state index contributed by atoms with van der Waals surface area (Å²) in [7, 11) is 0. The van der Waals surface area contributed by atoms with Crippen LogP contribution in [0.4, 0.5) is 5.69 Å². The number of imidazole rings is 1. The predicted molar refractivity (Wildman–Crippen MR) is 109 cm³/mol. The maximum Gasteiger partial charge on any atom is 0.221 e. The number of piperazine rings is 1. The third-order valence-corrected chi connectivity index (χ3v) is 6.18. The Hall–Kier alpha value is -1.99. The molecule has 4 rings (SSSR count). The fraction of sp³-hybridized carbons (Fsp3) is 0.500. The fourth-order valence-corrected chi connectivity index (χ4v) is 4.60. The molecule has 144 valence electrons. The average molecular weight is 386 g/mol. The number of nitrogens with one attached hydrogen (secondary N) is 1. The van der Waals surface area contributed by atoms with Crippen molar-refractivity contribution in [3.8, 4) is 0 Å². The first-order valence-electron chi connectivity index (χ1n) is 9.67. The van der Waals surface area contributed by atoms with E-state index in [1.54, 1.807) is 11.8 Å². The molecule has 0 aliphatic carbocycles. The van der Waals surface area contributed by atoms with Gasteiger partial charge >= 0.3 is 0 Å². The lowest BCUT2D eigenvalue weighted by atomic mass is 10.2. The summed E-state index contributed by atoms with van der Waals surface area (Å²) < 4.78 is 2.17. The molecule has 1 saturated heterocycles. The van der Waals surface area contributed by atoms with Crippen LogP contribution in [0, 0.1) is 6.92 Å². The molecule has 2 aliphatic heterocycles. The summed E-state index contributed by atoms with van der Waals surface area (Å²) in [5, 5.41) is 4.08. The number of amides is 1. The number of hydrogen-bond donors (Lipinski definition) is 1. The number of carbonyl (C=O) groups excluding carboxylic acids is 1. The first kappa shape index (κ1) is 18.4. The highest BCUT2D eigenvalue weighted by Crippen LogP contribution is 2.24. The van der Waals surface area contributed by atoms with Gasteiger partial charge in [0.1, 0.15) is 0 Å². The molecule has 0 atom stereocenters. The Kier molecular flexibility index (Phi) is 5.69. The van der Waals surface area contributed by atoms with Crippen LogP contribution in [0.1, 0.15) is 17.7 Å².